The average Bonchev–Trinajstić information content (AvgIpc) is 2.66. The molecule has 1 fully saturated rings. The highest BCUT2D eigenvalue weighted by Gasteiger charge is 2.44. The summed E-state index contributed by atoms with van der Waals surface area (Å²) in [6.45, 7) is -0.343. The first-order valence-corrected chi connectivity index (χ1v) is 5.37. The molecule has 1 saturated heterocycles. The normalized spacial score (nSPS) is 31.7. The van der Waals surface area contributed by atoms with Gasteiger partial charge in [0.2, 0.25) is 0 Å². The molecule has 1 aromatic heterocycles. The van der Waals surface area contributed by atoms with E-state index in [1.165, 1.54) is 13.3 Å². The van der Waals surface area contributed by atoms with Crippen LogP contribution in [0.1, 0.15) is 6.23 Å². The molecule has 8 heteroatoms. The number of aliphatic hydroxyl groups excluding tert-OH is 2. The first kappa shape index (κ1) is 13.0. The molecule has 1 aliphatic heterocycles. The Morgan fingerprint density at radius 3 is 2.78 bits per heavy atom. The molecule has 0 amide bonds. The van der Waals surface area contributed by atoms with E-state index >= 15 is 0 Å². The number of hydrogen-bond acceptors (Lipinski definition) is 6. The number of methoxy groups -OCH3 is 1. The number of nitrogens with zero attached hydrogens (tertiary/aromatic N) is 1. The van der Waals surface area contributed by atoms with E-state index in [1.54, 1.807) is 0 Å². The first-order valence-electron chi connectivity index (χ1n) is 5.37. The monoisotopic (exact) mass is 258 g/mol. The van der Waals surface area contributed by atoms with Gasteiger partial charge in [-0.05, 0) is 0 Å². The van der Waals surface area contributed by atoms with E-state index in [4.69, 9.17) is 14.6 Å². The van der Waals surface area contributed by atoms with Crippen molar-refractivity contribution in [1.29, 1.82) is 0 Å². The molecule has 1 aliphatic rings. The van der Waals surface area contributed by atoms with E-state index in [0.717, 1.165) is 10.6 Å². The second-order valence-corrected chi connectivity index (χ2v) is 3.96. The highest BCUT2D eigenvalue weighted by Crippen LogP contribution is 2.29. The van der Waals surface area contributed by atoms with Crippen LogP contribution in [0.15, 0.2) is 21.9 Å². The van der Waals surface area contributed by atoms with Crippen LogP contribution in [0, 0.1) is 0 Å². The Morgan fingerprint density at radius 1 is 1.56 bits per heavy atom. The lowest BCUT2D eigenvalue weighted by molar-refractivity contribution is -0.0569. The number of rotatable bonds is 3. The fraction of sp³-hybridized carbons (Fsp3) is 0.600. The summed E-state index contributed by atoms with van der Waals surface area (Å²) in [5.74, 6) is 0. The minimum absolute atomic E-state index is 0.343. The fourth-order valence-electron chi connectivity index (χ4n) is 2.02. The maximum absolute atomic E-state index is 11.6. The minimum atomic E-state index is -1.12. The fourth-order valence-corrected chi connectivity index (χ4v) is 2.02. The van der Waals surface area contributed by atoms with Gasteiger partial charge in [-0.25, -0.2) is 4.79 Å². The summed E-state index contributed by atoms with van der Waals surface area (Å²) in [4.78, 5) is 24.6. The van der Waals surface area contributed by atoms with Crippen LogP contribution in [0.4, 0.5) is 0 Å². The summed E-state index contributed by atoms with van der Waals surface area (Å²) in [7, 11) is 1.37. The van der Waals surface area contributed by atoms with Gasteiger partial charge in [-0.15, -0.1) is 0 Å². The number of ether oxygens (including phenoxy) is 2. The van der Waals surface area contributed by atoms with Crippen molar-refractivity contribution in [1.82, 2.24) is 9.55 Å². The molecule has 0 spiro atoms. The van der Waals surface area contributed by atoms with Gasteiger partial charge in [-0.2, -0.15) is 0 Å². The predicted octanol–water partition coefficient (Wildman–Crippen LogP) is -2.20. The van der Waals surface area contributed by atoms with E-state index in [-0.39, 0.29) is 6.61 Å². The number of aliphatic hydroxyl groups is 2. The van der Waals surface area contributed by atoms with Crippen molar-refractivity contribution in [3.63, 3.8) is 0 Å². The molecule has 0 bridgehead atoms. The molecule has 0 aromatic carbocycles. The maximum Gasteiger partial charge on any atom is 0.330 e. The van der Waals surface area contributed by atoms with Crippen molar-refractivity contribution in [2.75, 3.05) is 13.7 Å². The smallest absolute Gasteiger partial charge is 0.330 e. The Hall–Kier alpha value is -1.48. The highest BCUT2D eigenvalue weighted by atomic mass is 16.6. The lowest BCUT2D eigenvalue weighted by Crippen LogP contribution is -2.38. The predicted molar refractivity (Wildman–Crippen MR) is 59.1 cm³/mol. The molecule has 18 heavy (non-hydrogen) atoms. The Bertz CT molecular complexity index is 524. The second kappa shape index (κ2) is 5.02. The van der Waals surface area contributed by atoms with Crippen LogP contribution in [0.5, 0.6) is 0 Å². The first-order chi connectivity index (χ1) is 8.58. The van der Waals surface area contributed by atoms with Gasteiger partial charge >= 0.3 is 5.69 Å². The van der Waals surface area contributed by atoms with Crippen molar-refractivity contribution < 1.29 is 19.7 Å². The van der Waals surface area contributed by atoms with Crippen LogP contribution in [0.3, 0.4) is 0 Å². The van der Waals surface area contributed by atoms with E-state index in [1.807, 2.05) is 0 Å². The van der Waals surface area contributed by atoms with Crippen LogP contribution in [-0.4, -0.2) is 51.8 Å². The molecule has 0 radical (unpaired) electrons. The number of aromatic nitrogens is 2. The average molecular weight is 258 g/mol. The summed E-state index contributed by atoms with van der Waals surface area (Å²) in [6.07, 6.45) is -2.36. The van der Waals surface area contributed by atoms with Gasteiger partial charge in [0.1, 0.15) is 18.3 Å². The quantitative estimate of drug-likeness (QED) is 0.567. The SMILES string of the molecule is CO[C@H]1[C@@H](O)[C@H](n2ccc(=O)[nH]c2=O)O[C@@H]1CO. The Kier molecular flexibility index (Phi) is 3.62. The topological polar surface area (TPSA) is 114 Å². The van der Waals surface area contributed by atoms with E-state index in [9.17, 15) is 14.7 Å². The van der Waals surface area contributed by atoms with Gasteiger partial charge in [0.05, 0.1) is 6.61 Å². The van der Waals surface area contributed by atoms with Crippen molar-refractivity contribution in [3.05, 3.63) is 33.1 Å². The molecule has 8 nitrogen and oxygen atoms in total. The second-order valence-electron chi connectivity index (χ2n) is 3.96. The van der Waals surface area contributed by atoms with Crippen LogP contribution in [0.2, 0.25) is 0 Å². The van der Waals surface area contributed by atoms with Gasteiger partial charge in [0.15, 0.2) is 6.23 Å². The van der Waals surface area contributed by atoms with Crippen LogP contribution in [-0.2, 0) is 9.47 Å². The molecule has 2 rings (SSSR count). The van der Waals surface area contributed by atoms with Crippen LogP contribution in [0.25, 0.3) is 0 Å². The molecular weight excluding hydrogens is 244 g/mol. The lowest BCUT2D eigenvalue weighted by atomic mass is 10.1. The zero-order valence-electron chi connectivity index (χ0n) is 9.65. The summed E-state index contributed by atoms with van der Waals surface area (Å²) < 4.78 is 11.4. The molecule has 100 valence electrons. The highest BCUT2D eigenvalue weighted by molar-refractivity contribution is 4.93. The van der Waals surface area contributed by atoms with Crippen LogP contribution >= 0.6 is 0 Å². The van der Waals surface area contributed by atoms with E-state index in [0.29, 0.717) is 0 Å². The third-order valence-corrected chi connectivity index (χ3v) is 2.89. The number of hydrogen-bond donors (Lipinski definition) is 3. The lowest BCUT2D eigenvalue weighted by Gasteiger charge is -2.17. The minimum Gasteiger partial charge on any atom is -0.394 e. The van der Waals surface area contributed by atoms with Gasteiger partial charge < -0.3 is 19.7 Å². The number of nitrogens with one attached hydrogen (secondary N) is 1. The largest absolute Gasteiger partial charge is 0.394 e. The molecular formula is C10H14N2O6. The molecule has 0 aliphatic carbocycles. The molecule has 1 aromatic rings. The molecule has 3 N–H and O–H groups in total. The van der Waals surface area contributed by atoms with E-state index in [2.05, 4.69) is 4.98 Å². The summed E-state index contributed by atoms with van der Waals surface area (Å²) in [5, 5.41) is 19.1. The van der Waals surface area contributed by atoms with Gasteiger partial charge in [0.25, 0.3) is 5.56 Å². The van der Waals surface area contributed by atoms with Gasteiger partial charge in [-0.1, -0.05) is 0 Å². The van der Waals surface area contributed by atoms with Crippen molar-refractivity contribution in [2.45, 2.75) is 24.5 Å². The number of H-pyrrole nitrogens is 1. The third kappa shape index (κ3) is 2.10. The van der Waals surface area contributed by atoms with E-state index < -0.39 is 35.8 Å². The Morgan fingerprint density at radius 2 is 2.28 bits per heavy atom. The maximum atomic E-state index is 11.6. The van der Waals surface area contributed by atoms with Crippen LogP contribution < -0.4 is 11.2 Å². The number of aromatic amines is 1. The molecule has 0 saturated carbocycles. The van der Waals surface area contributed by atoms with Gasteiger partial charge in [-0.3, -0.25) is 14.3 Å². The van der Waals surface area contributed by atoms with Crippen molar-refractivity contribution >= 4 is 0 Å². The molecule has 0 unspecified atom stereocenters. The summed E-state index contributed by atoms with van der Waals surface area (Å²) >= 11 is 0. The molecule has 2 heterocycles. The Balaban J connectivity index is 2.34. The Labute approximate surface area is 101 Å². The summed E-state index contributed by atoms with van der Waals surface area (Å²) in [5.41, 5.74) is -1.23. The zero-order valence-corrected chi connectivity index (χ0v) is 9.65. The zero-order chi connectivity index (χ0) is 13.3. The van der Waals surface area contributed by atoms with Gasteiger partial charge in [0, 0.05) is 19.4 Å². The molecule has 4 atom stereocenters. The third-order valence-electron chi connectivity index (χ3n) is 2.89. The van der Waals surface area contributed by atoms with Crippen molar-refractivity contribution in [3.8, 4) is 0 Å². The standard InChI is InChI=1S/C10H14N2O6/c1-17-8-5(4-13)18-9(7(8)15)12-3-2-6(14)11-10(12)16/h2-3,5,7-9,13,15H,4H2,1H3,(H,11,14,16)/t5-,7-,8-,9-/m1/s1. The summed E-state index contributed by atoms with van der Waals surface area (Å²) in [6, 6.07) is 1.14. The van der Waals surface area contributed by atoms with Crippen molar-refractivity contribution in [2.24, 2.45) is 0 Å².